The predicted octanol–water partition coefficient (Wildman–Crippen LogP) is 3.61. The van der Waals surface area contributed by atoms with Gasteiger partial charge >= 0.3 is 6.18 Å². The topological polar surface area (TPSA) is 17.1 Å². The number of halogens is 3. The molecule has 0 fully saturated rings. The lowest BCUT2D eigenvalue weighted by molar-refractivity contribution is -0.114. The maximum atomic E-state index is 11.9. The number of carbonyl (C=O) groups excluding carboxylic acids is 1. The van der Waals surface area contributed by atoms with Crippen LogP contribution in [-0.2, 0) is 4.79 Å². The highest BCUT2D eigenvalue weighted by Gasteiger charge is 2.29. The molecule has 88 valence electrons. The summed E-state index contributed by atoms with van der Waals surface area (Å²) in [6.45, 7) is 1.61. The first-order chi connectivity index (χ1) is 7.40. The average Bonchev–Trinajstić information content (AvgIpc) is 2.25. The van der Waals surface area contributed by atoms with Crippen LogP contribution in [0.4, 0.5) is 13.2 Å². The van der Waals surface area contributed by atoms with Crippen LogP contribution >= 0.6 is 11.8 Å². The van der Waals surface area contributed by atoms with E-state index in [-0.39, 0.29) is 0 Å². The second-order valence-corrected chi connectivity index (χ2v) is 4.33. The Morgan fingerprint density at radius 1 is 1.31 bits per heavy atom. The molecule has 1 aromatic rings. The highest BCUT2D eigenvalue weighted by molar-refractivity contribution is 8.13. The molecule has 1 aromatic carbocycles. The Bertz CT molecular complexity index is 348. The van der Waals surface area contributed by atoms with Crippen molar-refractivity contribution >= 4 is 16.9 Å². The van der Waals surface area contributed by atoms with Crippen molar-refractivity contribution in [1.29, 1.82) is 0 Å². The van der Waals surface area contributed by atoms with Gasteiger partial charge in [-0.15, -0.1) is 0 Å². The highest BCUT2D eigenvalue weighted by atomic mass is 32.2. The molecule has 0 bridgehead atoms. The second-order valence-electron chi connectivity index (χ2n) is 3.36. The van der Waals surface area contributed by atoms with Gasteiger partial charge in [-0.1, -0.05) is 49.0 Å². The molecule has 0 spiro atoms. The van der Waals surface area contributed by atoms with Crippen LogP contribution < -0.4 is 0 Å². The molecule has 1 nitrogen and oxygen atoms in total. The van der Waals surface area contributed by atoms with Crippen molar-refractivity contribution in [2.24, 2.45) is 0 Å². The lowest BCUT2D eigenvalue weighted by Crippen LogP contribution is -2.15. The van der Waals surface area contributed by atoms with Gasteiger partial charge in [0.25, 0.3) is 0 Å². The summed E-state index contributed by atoms with van der Waals surface area (Å²) in [5.74, 6) is -1.63. The molecule has 0 aliphatic rings. The largest absolute Gasteiger partial charge is 0.398 e. The summed E-state index contributed by atoms with van der Waals surface area (Å²) in [7, 11) is 0. The summed E-state index contributed by atoms with van der Waals surface area (Å²) in [5, 5.41) is -0.455. The minimum absolute atomic E-state index is 0.322. The van der Waals surface area contributed by atoms with E-state index in [4.69, 9.17) is 0 Å². The summed E-state index contributed by atoms with van der Waals surface area (Å²) in [5.41, 5.74) is 0.738. The molecule has 0 saturated heterocycles. The summed E-state index contributed by atoms with van der Waals surface area (Å²) in [6.07, 6.45) is -4.29. The van der Waals surface area contributed by atoms with Gasteiger partial charge in [0.15, 0.2) is 5.12 Å². The van der Waals surface area contributed by atoms with Crippen LogP contribution in [0.1, 0.15) is 18.4 Å². The number of rotatable bonds is 3. The Hall–Kier alpha value is -0.970. The van der Waals surface area contributed by atoms with Crippen molar-refractivity contribution in [2.45, 2.75) is 19.0 Å². The Kier molecular flexibility index (Phi) is 4.41. The Morgan fingerprint density at radius 2 is 1.88 bits per heavy atom. The number of hydrogen-bond acceptors (Lipinski definition) is 2. The molecule has 0 saturated carbocycles. The van der Waals surface area contributed by atoms with Gasteiger partial charge in [-0.25, -0.2) is 0 Å². The lowest BCUT2D eigenvalue weighted by atomic mass is 10.0. The highest BCUT2D eigenvalue weighted by Crippen LogP contribution is 2.27. The fourth-order valence-electron chi connectivity index (χ4n) is 1.16. The Labute approximate surface area is 96.0 Å². The first kappa shape index (κ1) is 13.1. The molecule has 0 heterocycles. The van der Waals surface area contributed by atoms with Crippen LogP contribution in [0.3, 0.4) is 0 Å². The van der Waals surface area contributed by atoms with E-state index in [0.29, 0.717) is 11.8 Å². The van der Waals surface area contributed by atoms with Gasteiger partial charge in [0.05, 0.1) is 11.7 Å². The third-order valence-electron chi connectivity index (χ3n) is 2.03. The van der Waals surface area contributed by atoms with Crippen molar-refractivity contribution in [3.63, 3.8) is 0 Å². The van der Waals surface area contributed by atoms with Crippen molar-refractivity contribution in [2.75, 3.05) is 5.75 Å². The number of alkyl halides is 3. The van der Waals surface area contributed by atoms with E-state index in [1.165, 1.54) is 0 Å². The minimum Gasteiger partial charge on any atom is -0.287 e. The first-order valence-electron chi connectivity index (χ1n) is 4.68. The number of benzene rings is 1. The van der Waals surface area contributed by atoms with Crippen LogP contribution in [0.2, 0.25) is 0 Å². The Balaban J connectivity index is 2.55. The molecule has 1 rings (SSSR count). The first-order valence-corrected chi connectivity index (χ1v) is 5.67. The number of thioether (sulfide) groups is 1. The molecular weight excluding hydrogens is 237 g/mol. The SMILES string of the molecule is CC(C(=O)SCC(F)(F)F)c1ccccc1. The van der Waals surface area contributed by atoms with Gasteiger partial charge in [0, 0.05) is 0 Å². The molecule has 0 aliphatic heterocycles. The van der Waals surface area contributed by atoms with Crippen LogP contribution in [0, 0.1) is 0 Å². The van der Waals surface area contributed by atoms with E-state index in [1.54, 1.807) is 37.3 Å². The maximum Gasteiger partial charge on any atom is 0.398 e. The van der Waals surface area contributed by atoms with E-state index in [0.717, 1.165) is 5.56 Å². The van der Waals surface area contributed by atoms with Crippen LogP contribution in [0.5, 0.6) is 0 Å². The molecular formula is C11H11F3OS. The monoisotopic (exact) mass is 248 g/mol. The van der Waals surface area contributed by atoms with Gasteiger partial charge < -0.3 is 0 Å². The molecule has 16 heavy (non-hydrogen) atoms. The normalized spacial score (nSPS) is 13.5. The van der Waals surface area contributed by atoms with Crippen LogP contribution in [0.15, 0.2) is 30.3 Å². The van der Waals surface area contributed by atoms with Crippen LogP contribution in [0.25, 0.3) is 0 Å². The zero-order chi connectivity index (χ0) is 12.2. The third kappa shape index (κ3) is 4.26. The quantitative estimate of drug-likeness (QED) is 0.812. The zero-order valence-electron chi connectivity index (χ0n) is 8.62. The molecule has 1 unspecified atom stereocenters. The molecule has 1 atom stereocenters. The molecule has 0 aromatic heterocycles. The number of carbonyl (C=O) groups is 1. The van der Waals surface area contributed by atoms with Crippen molar-refractivity contribution in [3.8, 4) is 0 Å². The van der Waals surface area contributed by atoms with Crippen LogP contribution in [-0.4, -0.2) is 17.0 Å². The third-order valence-corrected chi connectivity index (χ3v) is 3.14. The Morgan fingerprint density at radius 3 is 2.38 bits per heavy atom. The summed E-state index contributed by atoms with van der Waals surface area (Å²) >= 11 is 0.322. The smallest absolute Gasteiger partial charge is 0.287 e. The van der Waals surface area contributed by atoms with Gasteiger partial charge in [-0.2, -0.15) is 13.2 Å². The van der Waals surface area contributed by atoms with Crippen molar-refractivity contribution in [1.82, 2.24) is 0 Å². The predicted molar refractivity (Wildman–Crippen MR) is 58.4 cm³/mol. The standard InChI is InChI=1S/C11H11F3OS/c1-8(9-5-3-2-4-6-9)10(15)16-7-11(12,13)14/h2-6,8H,7H2,1H3. The molecule has 0 aliphatic carbocycles. The summed E-state index contributed by atoms with van der Waals surface area (Å²) in [6, 6.07) is 8.78. The van der Waals surface area contributed by atoms with E-state index in [2.05, 4.69) is 0 Å². The fraction of sp³-hybridized carbons (Fsp3) is 0.364. The minimum atomic E-state index is -4.29. The van der Waals surface area contributed by atoms with Gasteiger partial charge in [0.2, 0.25) is 0 Å². The molecule has 0 radical (unpaired) electrons. The lowest BCUT2D eigenvalue weighted by Gasteiger charge is -2.11. The van der Waals surface area contributed by atoms with Gasteiger partial charge in [-0.05, 0) is 5.56 Å². The van der Waals surface area contributed by atoms with E-state index < -0.39 is 23.0 Å². The maximum absolute atomic E-state index is 11.9. The average molecular weight is 248 g/mol. The number of hydrogen-bond donors (Lipinski definition) is 0. The molecule has 5 heteroatoms. The zero-order valence-corrected chi connectivity index (χ0v) is 9.44. The van der Waals surface area contributed by atoms with E-state index in [9.17, 15) is 18.0 Å². The van der Waals surface area contributed by atoms with Crippen molar-refractivity contribution in [3.05, 3.63) is 35.9 Å². The molecule has 0 amide bonds. The molecule has 0 N–H and O–H groups in total. The van der Waals surface area contributed by atoms with Gasteiger partial charge in [0.1, 0.15) is 0 Å². The van der Waals surface area contributed by atoms with Gasteiger partial charge in [-0.3, -0.25) is 4.79 Å². The fourth-order valence-corrected chi connectivity index (χ4v) is 1.85. The second kappa shape index (κ2) is 5.39. The summed E-state index contributed by atoms with van der Waals surface area (Å²) in [4.78, 5) is 11.5. The summed E-state index contributed by atoms with van der Waals surface area (Å²) < 4.78 is 35.7. The van der Waals surface area contributed by atoms with E-state index >= 15 is 0 Å². The van der Waals surface area contributed by atoms with E-state index in [1.807, 2.05) is 0 Å². The van der Waals surface area contributed by atoms with Crippen molar-refractivity contribution < 1.29 is 18.0 Å².